The Morgan fingerprint density at radius 3 is 2.71 bits per heavy atom. The molecule has 24 heavy (non-hydrogen) atoms. The molecule has 3 rings (SSSR count). The molecule has 0 aliphatic heterocycles. The number of rotatable bonds is 5. The largest absolute Gasteiger partial charge is 0.277 e. The lowest BCUT2D eigenvalue weighted by atomic mass is 10.2. The molecule has 0 amide bonds. The number of nitrogens with one attached hydrogen (secondary N) is 1. The van der Waals surface area contributed by atoms with Crippen LogP contribution in [0.1, 0.15) is 11.4 Å². The Morgan fingerprint density at radius 2 is 1.96 bits per heavy atom. The highest BCUT2D eigenvalue weighted by Crippen LogP contribution is 2.25. The average Bonchev–Trinajstić information content (AvgIpc) is 3.02. The van der Waals surface area contributed by atoms with Gasteiger partial charge in [0.05, 0.1) is 16.4 Å². The summed E-state index contributed by atoms with van der Waals surface area (Å²) in [6, 6.07) is 13.1. The van der Waals surface area contributed by atoms with Crippen LogP contribution >= 0.6 is 23.2 Å². The molecule has 0 aliphatic carbocycles. The van der Waals surface area contributed by atoms with Crippen LogP contribution < -0.4 is 5.43 Å². The minimum absolute atomic E-state index is 0.471. The van der Waals surface area contributed by atoms with Crippen molar-refractivity contribution in [2.45, 2.75) is 13.3 Å². The summed E-state index contributed by atoms with van der Waals surface area (Å²) in [5, 5.41) is 17.0. The van der Waals surface area contributed by atoms with Gasteiger partial charge in [0, 0.05) is 17.7 Å². The Labute approximate surface area is 149 Å². The summed E-state index contributed by atoms with van der Waals surface area (Å²) in [6.07, 6.45) is 2.15. The maximum Gasteiger partial charge on any atom is 0.162 e. The van der Waals surface area contributed by atoms with Crippen molar-refractivity contribution < 1.29 is 0 Å². The van der Waals surface area contributed by atoms with Gasteiger partial charge in [-0.3, -0.25) is 5.43 Å². The highest BCUT2D eigenvalue weighted by Gasteiger charge is 2.06. The van der Waals surface area contributed by atoms with E-state index in [9.17, 15) is 0 Å². The fourth-order valence-corrected chi connectivity index (χ4v) is 2.49. The summed E-state index contributed by atoms with van der Waals surface area (Å²) in [6.45, 7) is 2.03. The zero-order chi connectivity index (χ0) is 16.9. The van der Waals surface area contributed by atoms with Crippen LogP contribution in [0.5, 0.6) is 0 Å². The Kier molecular flexibility index (Phi) is 5.08. The van der Waals surface area contributed by atoms with Crippen LogP contribution in [-0.4, -0.2) is 26.4 Å². The third-order valence-electron chi connectivity index (χ3n) is 3.29. The van der Waals surface area contributed by atoms with Crippen LogP contribution in [0, 0.1) is 6.92 Å². The van der Waals surface area contributed by atoms with Gasteiger partial charge in [0.2, 0.25) is 0 Å². The van der Waals surface area contributed by atoms with Crippen molar-refractivity contribution >= 4 is 35.1 Å². The highest BCUT2D eigenvalue weighted by atomic mass is 35.5. The predicted molar refractivity (Wildman–Crippen MR) is 96.2 cm³/mol. The van der Waals surface area contributed by atoms with Gasteiger partial charge in [0.15, 0.2) is 5.82 Å². The van der Waals surface area contributed by atoms with E-state index in [1.54, 1.807) is 29.1 Å². The number of aromatic nitrogens is 4. The molecule has 8 heteroatoms. The quantitative estimate of drug-likeness (QED) is 0.553. The van der Waals surface area contributed by atoms with E-state index >= 15 is 0 Å². The molecule has 0 spiro atoms. The molecule has 1 N–H and O–H groups in total. The van der Waals surface area contributed by atoms with Crippen molar-refractivity contribution in [3.05, 3.63) is 63.9 Å². The number of aryl methyl sites for hydroxylation is 1. The van der Waals surface area contributed by atoms with Gasteiger partial charge >= 0.3 is 0 Å². The molecule has 3 aromatic rings. The molecule has 0 bridgehead atoms. The number of anilines is 1. The minimum atomic E-state index is 0.471. The first-order chi connectivity index (χ1) is 11.6. The maximum absolute atomic E-state index is 6.07. The Balaban J connectivity index is 1.67. The van der Waals surface area contributed by atoms with Crippen molar-refractivity contribution in [3.8, 4) is 5.69 Å². The van der Waals surface area contributed by atoms with E-state index in [1.807, 2.05) is 31.2 Å². The van der Waals surface area contributed by atoms with Gasteiger partial charge in [-0.15, -0.1) is 5.10 Å². The van der Waals surface area contributed by atoms with Crippen LogP contribution in [0.4, 0.5) is 5.69 Å². The normalized spacial score (nSPS) is 11.1. The SMILES string of the molecule is Cc1ccc(-n2nnnc2CC=NNc2ccc(Cl)cc2Cl)cc1. The number of hydrogen-bond donors (Lipinski definition) is 1. The zero-order valence-electron chi connectivity index (χ0n) is 12.8. The topological polar surface area (TPSA) is 68.0 Å². The van der Waals surface area contributed by atoms with Crippen LogP contribution in [0.15, 0.2) is 47.6 Å². The van der Waals surface area contributed by atoms with Gasteiger partial charge in [0.1, 0.15) is 0 Å². The van der Waals surface area contributed by atoms with Crippen LogP contribution in [-0.2, 0) is 6.42 Å². The second-order valence-electron chi connectivity index (χ2n) is 5.09. The second kappa shape index (κ2) is 7.42. The molecule has 0 unspecified atom stereocenters. The Hall–Kier alpha value is -2.44. The molecule has 1 aromatic heterocycles. The van der Waals surface area contributed by atoms with Crippen molar-refractivity contribution in [2.75, 3.05) is 5.43 Å². The molecule has 0 atom stereocenters. The van der Waals surface area contributed by atoms with E-state index in [0.717, 1.165) is 5.69 Å². The fraction of sp³-hybridized carbons (Fsp3) is 0.125. The number of tetrazole rings is 1. The van der Waals surface area contributed by atoms with Crippen molar-refractivity contribution in [2.24, 2.45) is 5.10 Å². The first kappa shape index (κ1) is 16.4. The number of halogens is 2. The fourth-order valence-electron chi connectivity index (χ4n) is 2.04. The number of hydrazone groups is 1. The molecule has 6 nitrogen and oxygen atoms in total. The van der Waals surface area contributed by atoms with Gasteiger partial charge in [-0.1, -0.05) is 40.9 Å². The third-order valence-corrected chi connectivity index (χ3v) is 3.84. The predicted octanol–water partition coefficient (Wildman–Crippen LogP) is 3.92. The number of hydrogen-bond acceptors (Lipinski definition) is 5. The third kappa shape index (κ3) is 3.90. The standard InChI is InChI=1S/C16H14Cl2N6/c1-11-2-5-13(6-3-11)24-16(21-22-23-24)8-9-19-20-15-7-4-12(17)10-14(15)18/h2-7,9-10,20H,8H2,1H3. The average molecular weight is 361 g/mol. The highest BCUT2D eigenvalue weighted by molar-refractivity contribution is 6.36. The molecule has 2 aromatic carbocycles. The van der Waals surface area contributed by atoms with Gasteiger partial charge < -0.3 is 0 Å². The van der Waals surface area contributed by atoms with Gasteiger partial charge in [-0.05, 0) is 47.7 Å². The molecular weight excluding hydrogens is 347 g/mol. The molecule has 1 heterocycles. The molecule has 0 aliphatic rings. The smallest absolute Gasteiger partial charge is 0.162 e. The number of nitrogens with zero attached hydrogens (tertiary/aromatic N) is 5. The van der Waals surface area contributed by atoms with Crippen molar-refractivity contribution in [1.82, 2.24) is 20.2 Å². The Morgan fingerprint density at radius 1 is 1.17 bits per heavy atom. The molecule has 0 saturated carbocycles. The second-order valence-corrected chi connectivity index (χ2v) is 5.94. The van der Waals surface area contributed by atoms with Crippen LogP contribution in [0.3, 0.4) is 0 Å². The van der Waals surface area contributed by atoms with E-state index < -0.39 is 0 Å². The summed E-state index contributed by atoms with van der Waals surface area (Å²) >= 11 is 11.9. The summed E-state index contributed by atoms with van der Waals surface area (Å²) < 4.78 is 1.68. The van der Waals surface area contributed by atoms with E-state index in [2.05, 4.69) is 26.1 Å². The van der Waals surface area contributed by atoms with Gasteiger partial charge in [-0.25, -0.2) is 0 Å². The summed E-state index contributed by atoms with van der Waals surface area (Å²) in [7, 11) is 0. The lowest BCUT2D eigenvalue weighted by Crippen LogP contribution is -2.04. The maximum atomic E-state index is 6.07. The first-order valence-electron chi connectivity index (χ1n) is 7.20. The lowest BCUT2D eigenvalue weighted by Gasteiger charge is -2.04. The van der Waals surface area contributed by atoms with Gasteiger partial charge in [-0.2, -0.15) is 9.78 Å². The molecule has 0 fully saturated rings. The molecule has 0 saturated heterocycles. The molecular formula is C16H14Cl2N6. The summed E-state index contributed by atoms with van der Waals surface area (Å²) in [5.74, 6) is 0.687. The first-order valence-corrected chi connectivity index (χ1v) is 7.96. The monoisotopic (exact) mass is 360 g/mol. The summed E-state index contributed by atoms with van der Waals surface area (Å²) in [5.41, 5.74) is 5.63. The Bertz CT molecular complexity index is 857. The van der Waals surface area contributed by atoms with E-state index in [-0.39, 0.29) is 0 Å². The van der Waals surface area contributed by atoms with E-state index in [0.29, 0.717) is 28.0 Å². The number of benzene rings is 2. The van der Waals surface area contributed by atoms with Crippen LogP contribution in [0.2, 0.25) is 10.0 Å². The zero-order valence-corrected chi connectivity index (χ0v) is 14.3. The minimum Gasteiger partial charge on any atom is -0.277 e. The van der Waals surface area contributed by atoms with Crippen molar-refractivity contribution in [3.63, 3.8) is 0 Å². The van der Waals surface area contributed by atoms with Crippen LogP contribution in [0.25, 0.3) is 5.69 Å². The van der Waals surface area contributed by atoms with Crippen molar-refractivity contribution in [1.29, 1.82) is 0 Å². The molecule has 0 radical (unpaired) electrons. The summed E-state index contributed by atoms with van der Waals surface area (Å²) in [4.78, 5) is 0. The molecule has 122 valence electrons. The lowest BCUT2D eigenvalue weighted by molar-refractivity contribution is 0.775. The van der Waals surface area contributed by atoms with E-state index in [1.165, 1.54) is 5.56 Å². The van der Waals surface area contributed by atoms with Gasteiger partial charge in [0.25, 0.3) is 0 Å². The van der Waals surface area contributed by atoms with E-state index in [4.69, 9.17) is 23.2 Å².